The van der Waals surface area contributed by atoms with Crippen LogP contribution in [0.15, 0.2) is 57.2 Å². The van der Waals surface area contributed by atoms with Crippen molar-refractivity contribution in [3.05, 3.63) is 58.6 Å². The van der Waals surface area contributed by atoms with Crippen LogP contribution < -0.4 is 0 Å². The van der Waals surface area contributed by atoms with E-state index in [2.05, 4.69) is 20.3 Å². The van der Waals surface area contributed by atoms with Gasteiger partial charge in [-0.3, -0.25) is 14.5 Å². The monoisotopic (exact) mass is 489 g/mol. The van der Waals surface area contributed by atoms with Crippen LogP contribution in [0.25, 0.3) is 17.0 Å². The quantitative estimate of drug-likeness (QED) is 0.195. The fourth-order valence-corrected chi connectivity index (χ4v) is 5.31. The Morgan fingerprint density at radius 2 is 1.85 bits per heavy atom. The molecule has 3 aromatic heterocycles. The maximum absolute atomic E-state index is 12.8. The highest BCUT2D eigenvalue weighted by atomic mass is 32.2. The second-order valence-electron chi connectivity index (χ2n) is 6.77. The summed E-state index contributed by atoms with van der Waals surface area (Å²) in [7, 11) is -3.63. The highest BCUT2D eigenvalue weighted by Gasteiger charge is 2.23. The molecule has 0 N–H and O–H groups in total. The third-order valence-corrected chi connectivity index (χ3v) is 7.78. The Morgan fingerprint density at radius 1 is 1.12 bits per heavy atom. The molecule has 1 aromatic carbocycles. The molecular weight excluding hydrogens is 470 g/mol. The molecule has 0 radical (unpaired) electrons. The minimum atomic E-state index is -3.63. The van der Waals surface area contributed by atoms with Crippen molar-refractivity contribution < 1.29 is 17.9 Å². The van der Waals surface area contributed by atoms with Crippen LogP contribution in [0.1, 0.15) is 19.7 Å². The molecule has 0 saturated heterocycles. The summed E-state index contributed by atoms with van der Waals surface area (Å²) in [6, 6.07) is 8.94. The molecule has 33 heavy (non-hydrogen) atoms. The number of hydrogen-bond acceptors (Lipinski definition) is 10. The summed E-state index contributed by atoms with van der Waals surface area (Å²) in [6.07, 6.45) is 1.50. The molecule has 4 rings (SSSR count). The molecule has 0 unspecified atom stereocenters. The Kier molecular flexibility index (Phi) is 6.40. The number of non-ortho nitro benzene ring substituents is 1. The van der Waals surface area contributed by atoms with Crippen molar-refractivity contribution in [1.29, 1.82) is 0 Å². The molecule has 0 fully saturated rings. The zero-order valence-electron chi connectivity index (χ0n) is 17.7. The molecule has 12 nitrogen and oxygen atoms in total. The number of nitrogens with zero attached hydrogens (tertiary/aromatic N) is 7. The summed E-state index contributed by atoms with van der Waals surface area (Å²) in [4.78, 5) is 14.8. The van der Waals surface area contributed by atoms with Crippen molar-refractivity contribution in [1.82, 2.24) is 29.0 Å². The average Bonchev–Trinajstić information content (AvgIpc) is 3.45. The predicted molar refractivity (Wildman–Crippen MR) is 119 cm³/mol. The maximum Gasteiger partial charge on any atom is 0.269 e. The summed E-state index contributed by atoms with van der Waals surface area (Å²) >= 11 is 1.26. The van der Waals surface area contributed by atoms with Gasteiger partial charge in [-0.05, 0) is 24.3 Å². The SMILES string of the molecule is CCN(CC)S(=O)(=O)c1ccc2nnc(SCc3nc(-c4ccc([N+](=O)[O-])cc4)no3)n2c1. The predicted octanol–water partition coefficient (Wildman–Crippen LogP) is 3.01. The van der Waals surface area contributed by atoms with E-state index in [0.717, 1.165) is 0 Å². The van der Waals surface area contributed by atoms with Gasteiger partial charge in [0, 0.05) is 37.0 Å². The lowest BCUT2D eigenvalue weighted by molar-refractivity contribution is -0.384. The maximum atomic E-state index is 12.8. The summed E-state index contributed by atoms with van der Waals surface area (Å²) in [6.45, 7) is 4.31. The first kappa shape index (κ1) is 22.8. The number of hydrogen-bond donors (Lipinski definition) is 0. The zero-order valence-corrected chi connectivity index (χ0v) is 19.3. The third kappa shape index (κ3) is 4.58. The fraction of sp³-hybridized carbons (Fsp3) is 0.263. The topological polar surface area (TPSA) is 150 Å². The van der Waals surface area contributed by atoms with Crippen molar-refractivity contribution in [3.63, 3.8) is 0 Å². The van der Waals surface area contributed by atoms with Gasteiger partial charge in [-0.1, -0.05) is 30.8 Å². The summed E-state index contributed by atoms with van der Waals surface area (Å²) in [5.41, 5.74) is 1.06. The molecule has 3 heterocycles. The van der Waals surface area contributed by atoms with Gasteiger partial charge >= 0.3 is 0 Å². The van der Waals surface area contributed by atoms with Gasteiger partial charge in [-0.2, -0.15) is 9.29 Å². The van der Waals surface area contributed by atoms with Gasteiger partial charge in [0.2, 0.25) is 21.7 Å². The van der Waals surface area contributed by atoms with Crippen molar-refractivity contribution in [3.8, 4) is 11.4 Å². The van der Waals surface area contributed by atoms with E-state index in [-0.39, 0.29) is 16.3 Å². The van der Waals surface area contributed by atoms with E-state index in [1.165, 1.54) is 40.5 Å². The van der Waals surface area contributed by atoms with E-state index < -0.39 is 14.9 Å². The largest absolute Gasteiger partial charge is 0.338 e. The van der Waals surface area contributed by atoms with Gasteiger partial charge in [-0.15, -0.1) is 10.2 Å². The first-order chi connectivity index (χ1) is 15.8. The number of nitro groups is 1. The van der Waals surface area contributed by atoms with Crippen molar-refractivity contribution in [2.45, 2.75) is 29.7 Å². The molecule has 0 atom stereocenters. The third-order valence-electron chi connectivity index (χ3n) is 4.82. The minimum absolute atomic E-state index is 0.0286. The smallest absolute Gasteiger partial charge is 0.269 e. The lowest BCUT2D eigenvalue weighted by Crippen LogP contribution is -2.30. The number of nitro benzene ring substituents is 1. The molecule has 14 heteroatoms. The molecule has 0 amide bonds. The first-order valence-corrected chi connectivity index (χ1v) is 12.3. The second kappa shape index (κ2) is 9.25. The molecule has 0 bridgehead atoms. The van der Waals surface area contributed by atoms with E-state index >= 15 is 0 Å². The Morgan fingerprint density at radius 3 is 2.52 bits per heavy atom. The van der Waals surface area contributed by atoms with Gasteiger partial charge in [0.1, 0.15) is 0 Å². The van der Waals surface area contributed by atoms with Gasteiger partial charge < -0.3 is 4.52 Å². The Balaban J connectivity index is 1.53. The normalized spacial score (nSPS) is 12.0. The lowest BCUT2D eigenvalue weighted by atomic mass is 10.2. The van der Waals surface area contributed by atoms with Crippen LogP contribution in [0.3, 0.4) is 0 Å². The van der Waals surface area contributed by atoms with Gasteiger partial charge in [0.25, 0.3) is 5.69 Å². The molecular formula is C19H19N7O5S2. The molecule has 0 aliphatic rings. The first-order valence-electron chi connectivity index (χ1n) is 9.88. The van der Waals surface area contributed by atoms with Gasteiger partial charge in [0.15, 0.2) is 10.8 Å². The van der Waals surface area contributed by atoms with Crippen LogP contribution in [-0.4, -0.2) is 55.5 Å². The van der Waals surface area contributed by atoms with E-state index in [1.807, 2.05) is 0 Å². The van der Waals surface area contributed by atoms with Crippen molar-refractivity contribution in [2.75, 3.05) is 13.1 Å². The summed E-state index contributed by atoms with van der Waals surface area (Å²) < 4.78 is 33.9. The lowest BCUT2D eigenvalue weighted by Gasteiger charge is -2.18. The van der Waals surface area contributed by atoms with E-state index in [4.69, 9.17) is 4.52 Å². The molecule has 0 spiro atoms. The van der Waals surface area contributed by atoms with Crippen LogP contribution in [0.2, 0.25) is 0 Å². The number of aromatic nitrogens is 5. The number of fused-ring (bicyclic) bond motifs is 1. The number of pyridine rings is 1. The van der Waals surface area contributed by atoms with E-state index in [0.29, 0.717) is 41.2 Å². The van der Waals surface area contributed by atoms with Crippen LogP contribution in [0, 0.1) is 10.1 Å². The number of thioether (sulfide) groups is 1. The van der Waals surface area contributed by atoms with Crippen molar-refractivity contribution in [2.24, 2.45) is 0 Å². The molecule has 0 aliphatic heterocycles. The molecule has 172 valence electrons. The zero-order chi connectivity index (χ0) is 23.6. The van der Waals surface area contributed by atoms with Crippen LogP contribution in [0.5, 0.6) is 0 Å². The van der Waals surface area contributed by atoms with Crippen molar-refractivity contribution >= 4 is 33.1 Å². The Labute approximate surface area is 192 Å². The van der Waals surface area contributed by atoms with E-state index in [1.54, 1.807) is 36.4 Å². The minimum Gasteiger partial charge on any atom is -0.338 e. The van der Waals surface area contributed by atoms with Gasteiger partial charge in [-0.25, -0.2) is 8.42 Å². The summed E-state index contributed by atoms with van der Waals surface area (Å²) in [5, 5.41) is 23.4. The molecule has 0 saturated carbocycles. The Hall–Kier alpha value is -3.36. The highest BCUT2D eigenvalue weighted by molar-refractivity contribution is 7.98. The number of rotatable bonds is 9. The van der Waals surface area contributed by atoms with Crippen LogP contribution in [0.4, 0.5) is 5.69 Å². The molecule has 4 aromatic rings. The number of benzene rings is 1. The standard InChI is InChI=1S/C19H19N7O5S2/c1-3-24(4-2)33(29,30)15-9-10-16-21-22-19(25(16)11-15)32-12-17-20-18(23-31-17)13-5-7-14(8-6-13)26(27)28/h5-11H,3-4,12H2,1-2H3. The van der Waals surface area contributed by atoms with Crippen LogP contribution in [-0.2, 0) is 15.8 Å². The highest BCUT2D eigenvalue weighted by Crippen LogP contribution is 2.25. The van der Waals surface area contributed by atoms with Gasteiger partial charge in [0.05, 0.1) is 15.6 Å². The fourth-order valence-electron chi connectivity index (χ4n) is 3.10. The summed E-state index contributed by atoms with van der Waals surface area (Å²) in [5.74, 6) is 0.893. The van der Waals surface area contributed by atoms with Crippen LogP contribution >= 0.6 is 11.8 Å². The Bertz CT molecular complexity index is 1400. The second-order valence-corrected chi connectivity index (χ2v) is 9.65. The molecule has 0 aliphatic carbocycles. The van der Waals surface area contributed by atoms with E-state index in [9.17, 15) is 18.5 Å². The number of sulfonamides is 1. The average molecular weight is 490 g/mol.